The number of para-hydroxylation sites is 1. The van der Waals surface area contributed by atoms with Crippen molar-refractivity contribution in [1.29, 1.82) is 0 Å². The molecule has 1 aromatic carbocycles. The average Bonchev–Trinajstić information content (AvgIpc) is 3.14. The molecule has 1 aliphatic heterocycles. The molecule has 90 valence electrons. The zero-order valence-electron chi connectivity index (χ0n) is 9.67. The number of methoxy groups -OCH3 is 2. The van der Waals surface area contributed by atoms with Gasteiger partial charge < -0.3 is 14.4 Å². The zero-order valence-corrected chi connectivity index (χ0v) is 9.67. The minimum absolute atomic E-state index is 0.288. The van der Waals surface area contributed by atoms with Crippen LogP contribution >= 0.6 is 0 Å². The van der Waals surface area contributed by atoms with Gasteiger partial charge in [0.25, 0.3) is 5.54 Å². The third-order valence-corrected chi connectivity index (χ3v) is 2.86. The SMILES string of the molecule is COC(=O)C1(C(=O)OC)CN1c1ccccc1. The van der Waals surface area contributed by atoms with Crippen LogP contribution in [0.3, 0.4) is 0 Å². The van der Waals surface area contributed by atoms with Crippen LogP contribution in [0, 0.1) is 0 Å². The van der Waals surface area contributed by atoms with Crippen molar-refractivity contribution in [2.75, 3.05) is 25.7 Å². The molecule has 1 aliphatic rings. The van der Waals surface area contributed by atoms with E-state index in [1.807, 2.05) is 30.3 Å². The summed E-state index contributed by atoms with van der Waals surface area (Å²) in [6, 6.07) is 9.20. The minimum Gasteiger partial charge on any atom is -0.467 e. The van der Waals surface area contributed by atoms with Gasteiger partial charge in [-0.3, -0.25) is 0 Å². The topological polar surface area (TPSA) is 55.6 Å². The first-order valence-electron chi connectivity index (χ1n) is 5.16. The molecule has 5 nitrogen and oxygen atoms in total. The van der Waals surface area contributed by atoms with E-state index < -0.39 is 17.5 Å². The third-order valence-electron chi connectivity index (χ3n) is 2.86. The quantitative estimate of drug-likeness (QED) is 0.436. The van der Waals surface area contributed by atoms with Gasteiger partial charge in [-0.25, -0.2) is 9.59 Å². The third kappa shape index (κ3) is 1.63. The van der Waals surface area contributed by atoms with Gasteiger partial charge >= 0.3 is 11.9 Å². The lowest BCUT2D eigenvalue weighted by atomic mass is 10.1. The summed E-state index contributed by atoms with van der Waals surface area (Å²) in [5.41, 5.74) is -0.506. The van der Waals surface area contributed by atoms with Crippen LogP contribution in [-0.4, -0.2) is 38.2 Å². The van der Waals surface area contributed by atoms with Gasteiger partial charge in [-0.1, -0.05) is 18.2 Å². The Bertz CT molecular complexity index is 427. The first kappa shape index (κ1) is 11.4. The molecule has 1 aromatic rings. The van der Waals surface area contributed by atoms with Crippen molar-refractivity contribution >= 4 is 17.6 Å². The molecule has 5 heteroatoms. The fourth-order valence-corrected chi connectivity index (χ4v) is 1.88. The molecule has 17 heavy (non-hydrogen) atoms. The highest BCUT2D eigenvalue weighted by Crippen LogP contribution is 2.39. The molecule has 1 saturated heterocycles. The number of esters is 2. The second-order valence-electron chi connectivity index (χ2n) is 3.77. The fourth-order valence-electron chi connectivity index (χ4n) is 1.88. The van der Waals surface area contributed by atoms with Crippen LogP contribution in [0.4, 0.5) is 5.69 Å². The Hall–Kier alpha value is -2.04. The van der Waals surface area contributed by atoms with Gasteiger partial charge in [0.05, 0.1) is 20.8 Å². The summed E-state index contributed by atoms with van der Waals surface area (Å²) in [6.45, 7) is 0.288. The van der Waals surface area contributed by atoms with Gasteiger partial charge in [0.2, 0.25) is 0 Å². The van der Waals surface area contributed by atoms with E-state index in [-0.39, 0.29) is 6.54 Å². The lowest BCUT2D eigenvalue weighted by Gasteiger charge is -2.13. The Balaban J connectivity index is 2.30. The Kier molecular flexibility index (Phi) is 2.75. The molecule has 2 rings (SSSR count). The van der Waals surface area contributed by atoms with E-state index in [1.54, 1.807) is 4.90 Å². The fraction of sp³-hybridized carbons (Fsp3) is 0.333. The minimum atomic E-state index is -1.30. The Labute approximate surface area is 98.9 Å². The van der Waals surface area contributed by atoms with Crippen LogP contribution in [0.2, 0.25) is 0 Å². The van der Waals surface area contributed by atoms with E-state index in [4.69, 9.17) is 0 Å². The number of carbonyl (C=O) groups excluding carboxylic acids is 2. The molecule has 1 fully saturated rings. The summed E-state index contributed by atoms with van der Waals surface area (Å²) >= 11 is 0. The van der Waals surface area contributed by atoms with Crippen LogP contribution in [0.25, 0.3) is 0 Å². The van der Waals surface area contributed by atoms with Crippen molar-refractivity contribution < 1.29 is 19.1 Å². The van der Waals surface area contributed by atoms with Crippen LogP contribution in [0.5, 0.6) is 0 Å². The predicted molar refractivity (Wildman–Crippen MR) is 60.6 cm³/mol. The first-order chi connectivity index (χ1) is 8.16. The van der Waals surface area contributed by atoms with Crippen LogP contribution in [-0.2, 0) is 19.1 Å². The largest absolute Gasteiger partial charge is 0.467 e. The van der Waals surface area contributed by atoms with Gasteiger partial charge in [-0.2, -0.15) is 0 Å². The van der Waals surface area contributed by atoms with Gasteiger partial charge in [-0.15, -0.1) is 0 Å². The lowest BCUT2D eigenvalue weighted by molar-refractivity contribution is -0.155. The molecule has 0 atom stereocenters. The number of rotatable bonds is 3. The molecule has 0 spiro atoms. The van der Waals surface area contributed by atoms with Crippen molar-refractivity contribution in [1.82, 2.24) is 0 Å². The first-order valence-corrected chi connectivity index (χ1v) is 5.16. The highest BCUT2D eigenvalue weighted by molar-refractivity contribution is 6.14. The average molecular weight is 235 g/mol. The molecular weight excluding hydrogens is 222 g/mol. The van der Waals surface area contributed by atoms with E-state index >= 15 is 0 Å². The lowest BCUT2D eigenvalue weighted by Crippen LogP contribution is -2.40. The maximum Gasteiger partial charge on any atom is 0.345 e. The summed E-state index contributed by atoms with van der Waals surface area (Å²) in [7, 11) is 2.52. The van der Waals surface area contributed by atoms with Gasteiger partial charge in [0, 0.05) is 5.69 Å². The molecular formula is C12H13NO4. The monoisotopic (exact) mass is 235 g/mol. The van der Waals surface area contributed by atoms with Crippen molar-refractivity contribution in [2.45, 2.75) is 5.54 Å². The zero-order chi connectivity index (χ0) is 12.5. The number of nitrogens with zero attached hydrogens (tertiary/aromatic N) is 1. The maximum absolute atomic E-state index is 11.7. The molecule has 0 saturated carbocycles. The summed E-state index contributed by atoms with van der Waals surface area (Å²) in [6.07, 6.45) is 0. The molecule has 0 radical (unpaired) electrons. The summed E-state index contributed by atoms with van der Waals surface area (Å²) in [4.78, 5) is 25.1. The molecule has 0 unspecified atom stereocenters. The number of anilines is 1. The normalized spacial score (nSPS) is 16.2. The number of hydrogen-bond donors (Lipinski definition) is 0. The molecule has 0 aromatic heterocycles. The second-order valence-corrected chi connectivity index (χ2v) is 3.77. The molecule has 1 heterocycles. The Morgan fingerprint density at radius 1 is 1.12 bits per heavy atom. The number of hydrogen-bond acceptors (Lipinski definition) is 5. The van der Waals surface area contributed by atoms with E-state index in [1.165, 1.54) is 14.2 Å². The second kappa shape index (κ2) is 4.08. The van der Waals surface area contributed by atoms with E-state index in [0.29, 0.717) is 0 Å². The van der Waals surface area contributed by atoms with Crippen molar-refractivity contribution in [3.8, 4) is 0 Å². The van der Waals surface area contributed by atoms with E-state index in [9.17, 15) is 9.59 Å². The van der Waals surface area contributed by atoms with Crippen LogP contribution in [0.15, 0.2) is 30.3 Å². The number of carbonyl (C=O) groups is 2. The van der Waals surface area contributed by atoms with Crippen molar-refractivity contribution in [3.63, 3.8) is 0 Å². The van der Waals surface area contributed by atoms with Crippen molar-refractivity contribution in [2.24, 2.45) is 0 Å². The van der Waals surface area contributed by atoms with E-state index in [2.05, 4.69) is 9.47 Å². The summed E-state index contributed by atoms with van der Waals surface area (Å²) in [5, 5.41) is 0. The number of ether oxygens (including phenoxy) is 2. The highest BCUT2D eigenvalue weighted by atomic mass is 16.6. The molecule has 0 aliphatic carbocycles. The van der Waals surface area contributed by atoms with E-state index in [0.717, 1.165) is 5.69 Å². The molecule has 0 N–H and O–H groups in total. The summed E-state index contributed by atoms with van der Waals surface area (Å²) in [5.74, 6) is -1.18. The smallest absolute Gasteiger partial charge is 0.345 e. The Morgan fingerprint density at radius 2 is 1.65 bits per heavy atom. The predicted octanol–water partition coefficient (Wildman–Crippen LogP) is 0.591. The number of benzene rings is 1. The van der Waals surface area contributed by atoms with Crippen LogP contribution in [0.1, 0.15) is 0 Å². The van der Waals surface area contributed by atoms with Gasteiger partial charge in [0.15, 0.2) is 0 Å². The summed E-state index contributed by atoms with van der Waals surface area (Å²) < 4.78 is 9.34. The van der Waals surface area contributed by atoms with Crippen LogP contribution < -0.4 is 4.90 Å². The highest BCUT2D eigenvalue weighted by Gasteiger charge is 2.67. The van der Waals surface area contributed by atoms with Gasteiger partial charge in [0.1, 0.15) is 0 Å². The molecule has 0 bridgehead atoms. The Morgan fingerprint density at radius 3 is 2.12 bits per heavy atom. The van der Waals surface area contributed by atoms with Crippen molar-refractivity contribution in [3.05, 3.63) is 30.3 Å². The van der Waals surface area contributed by atoms with Gasteiger partial charge in [-0.05, 0) is 12.1 Å². The standard InChI is InChI=1S/C12H13NO4/c1-16-10(14)12(11(15)17-2)8-13(12)9-6-4-3-5-7-9/h3-7H,8H2,1-2H3. The molecule has 0 amide bonds. The maximum atomic E-state index is 11.7.